The van der Waals surface area contributed by atoms with Crippen molar-refractivity contribution in [2.24, 2.45) is 5.92 Å². The summed E-state index contributed by atoms with van der Waals surface area (Å²) < 4.78 is 24.3. The zero-order valence-corrected chi connectivity index (χ0v) is 8.99. The standard InChI is InChI=1S/C12H14F2O2/c1-8(12(15)16)5-9-3-2-4-10(6-9)7-11(13)14/h2-4,6,8,11H,5,7H2,1H3,(H,15,16). The highest BCUT2D eigenvalue weighted by molar-refractivity contribution is 5.69. The Bertz CT molecular complexity index is 364. The third kappa shape index (κ3) is 3.96. The normalized spacial score (nSPS) is 12.8. The first-order chi connectivity index (χ1) is 7.49. The van der Waals surface area contributed by atoms with Gasteiger partial charge in [0.1, 0.15) is 0 Å². The first-order valence-corrected chi connectivity index (χ1v) is 5.08. The topological polar surface area (TPSA) is 37.3 Å². The third-order valence-electron chi connectivity index (χ3n) is 2.34. The Kier molecular flexibility index (Phi) is 4.40. The Morgan fingerprint density at radius 1 is 1.31 bits per heavy atom. The first-order valence-electron chi connectivity index (χ1n) is 5.08. The maximum atomic E-state index is 12.1. The van der Waals surface area contributed by atoms with Crippen LogP contribution < -0.4 is 0 Å². The van der Waals surface area contributed by atoms with Gasteiger partial charge in [-0.25, -0.2) is 8.78 Å². The van der Waals surface area contributed by atoms with Crippen LogP contribution in [0, 0.1) is 5.92 Å². The van der Waals surface area contributed by atoms with Gasteiger partial charge in [-0.1, -0.05) is 31.2 Å². The van der Waals surface area contributed by atoms with E-state index in [1.807, 2.05) is 0 Å². The van der Waals surface area contributed by atoms with Gasteiger partial charge >= 0.3 is 5.97 Å². The molecular weight excluding hydrogens is 214 g/mol. The maximum Gasteiger partial charge on any atom is 0.306 e. The van der Waals surface area contributed by atoms with Crippen molar-refractivity contribution >= 4 is 5.97 Å². The van der Waals surface area contributed by atoms with Crippen LogP contribution in [0.2, 0.25) is 0 Å². The summed E-state index contributed by atoms with van der Waals surface area (Å²) in [7, 11) is 0. The fraction of sp³-hybridized carbons (Fsp3) is 0.417. The van der Waals surface area contributed by atoms with Gasteiger partial charge in [0.05, 0.1) is 5.92 Å². The minimum Gasteiger partial charge on any atom is -0.481 e. The summed E-state index contributed by atoms with van der Waals surface area (Å²) in [6.07, 6.45) is -2.28. The monoisotopic (exact) mass is 228 g/mol. The minimum atomic E-state index is -2.37. The highest BCUT2D eigenvalue weighted by atomic mass is 19.3. The molecule has 1 atom stereocenters. The largest absolute Gasteiger partial charge is 0.481 e. The molecule has 0 aromatic heterocycles. The number of carboxylic acids is 1. The molecular formula is C12H14F2O2. The van der Waals surface area contributed by atoms with Gasteiger partial charge in [-0.2, -0.15) is 0 Å². The molecule has 2 nitrogen and oxygen atoms in total. The van der Waals surface area contributed by atoms with E-state index in [-0.39, 0.29) is 6.42 Å². The van der Waals surface area contributed by atoms with Gasteiger partial charge in [0.25, 0.3) is 0 Å². The number of carboxylic acid groups (broad SMARTS) is 1. The first kappa shape index (κ1) is 12.6. The molecule has 16 heavy (non-hydrogen) atoms. The van der Waals surface area contributed by atoms with Gasteiger partial charge < -0.3 is 5.11 Å². The second-order valence-electron chi connectivity index (χ2n) is 3.86. The van der Waals surface area contributed by atoms with Gasteiger partial charge in [-0.15, -0.1) is 0 Å². The van der Waals surface area contributed by atoms with Gasteiger partial charge in [0, 0.05) is 6.42 Å². The fourth-order valence-corrected chi connectivity index (χ4v) is 1.50. The van der Waals surface area contributed by atoms with E-state index < -0.39 is 18.3 Å². The predicted octanol–water partition coefficient (Wildman–Crippen LogP) is 2.76. The molecule has 0 radical (unpaired) electrons. The van der Waals surface area contributed by atoms with Crippen LogP contribution in [-0.4, -0.2) is 17.5 Å². The van der Waals surface area contributed by atoms with Crippen LogP contribution in [0.1, 0.15) is 18.1 Å². The lowest BCUT2D eigenvalue weighted by Crippen LogP contribution is -2.12. The highest BCUT2D eigenvalue weighted by Crippen LogP contribution is 2.13. The van der Waals surface area contributed by atoms with Crippen LogP contribution in [0.5, 0.6) is 0 Å². The average molecular weight is 228 g/mol. The molecule has 0 bridgehead atoms. The molecule has 0 heterocycles. The maximum absolute atomic E-state index is 12.1. The second kappa shape index (κ2) is 5.58. The summed E-state index contributed by atoms with van der Waals surface area (Å²) in [6.45, 7) is 1.60. The Morgan fingerprint density at radius 2 is 1.88 bits per heavy atom. The second-order valence-corrected chi connectivity index (χ2v) is 3.86. The lowest BCUT2D eigenvalue weighted by molar-refractivity contribution is -0.141. The molecule has 1 N–H and O–H groups in total. The SMILES string of the molecule is CC(Cc1cccc(CC(F)F)c1)C(=O)O. The van der Waals surface area contributed by atoms with Gasteiger partial charge in [0.15, 0.2) is 0 Å². The summed E-state index contributed by atoms with van der Waals surface area (Å²) in [4.78, 5) is 10.6. The average Bonchev–Trinajstić information content (AvgIpc) is 2.16. The van der Waals surface area contributed by atoms with Crippen molar-refractivity contribution in [2.75, 3.05) is 0 Å². The number of alkyl halides is 2. The van der Waals surface area contributed by atoms with E-state index >= 15 is 0 Å². The molecule has 1 aromatic carbocycles. The summed E-state index contributed by atoms with van der Waals surface area (Å²) in [6, 6.07) is 6.71. The Morgan fingerprint density at radius 3 is 2.38 bits per heavy atom. The molecule has 0 aliphatic heterocycles. The lowest BCUT2D eigenvalue weighted by Gasteiger charge is -2.08. The van der Waals surface area contributed by atoms with Crippen molar-refractivity contribution in [2.45, 2.75) is 26.2 Å². The zero-order valence-electron chi connectivity index (χ0n) is 8.99. The lowest BCUT2D eigenvalue weighted by atomic mass is 9.99. The quantitative estimate of drug-likeness (QED) is 0.841. The molecule has 0 amide bonds. The Labute approximate surface area is 92.9 Å². The van der Waals surface area contributed by atoms with Crippen LogP contribution in [0.15, 0.2) is 24.3 Å². The zero-order chi connectivity index (χ0) is 12.1. The van der Waals surface area contributed by atoms with E-state index in [0.717, 1.165) is 5.56 Å². The van der Waals surface area contributed by atoms with Crippen molar-refractivity contribution in [3.8, 4) is 0 Å². The van der Waals surface area contributed by atoms with Crippen molar-refractivity contribution in [1.29, 1.82) is 0 Å². The third-order valence-corrected chi connectivity index (χ3v) is 2.34. The van der Waals surface area contributed by atoms with E-state index in [0.29, 0.717) is 12.0 Å². The summed E-state index contributed by atoms with van der Waals surface area (Å²) in [5.74, 6) is -1.37. The molecule has 1 aromatic rings. The summed E-state index contributed by atoms with van der Waals surface area (Å²) in [5.41, 5.74) is 1.33. The fourth-order valence-electron chi connectivity index (χ4n) is 1.50. The highest BCUT2D eigenvalue weighted by Gasteiger charge is 2.12. The van der Waals surface area contributed by atoms with Crippen LogP contribution in [0.3, 0.4) is 0 Å². The molecule has 0 saturated carbocycles. The molecule has 1 rings (SSSR count). The Hall–Kier alpha value is -1.45. The minimum absolute atomic E-state index is 0.282. The van der Waals surface area contributed by atoms with Crippen LogP contribution in [0.25, 0.3) is 0 Å². The number of rotatable bonds is 5. The summed E-state index contributed by atoms with van der Waals surface area (Å²) >= 11 is 0. The van der Waals surface area contributed by atoms with Crippen molar-refractivity contribution in [3.05, 3.63) is 35.4 Å². The molecule has 0 fully saturated rings. The number of aliphatic carboxylic acids is 1. The van der Waals surface area contributed by atoms with Crippen molar-refractivity contribution in [1.82, 2.24) is 0 Å². The van der Waals surface area contributed by atoms with Crippen molar-refractivity contribution < 1.29 is 18.7 Å². The van der Waals surface area contributed by atoms with Gasteiger partial charge in [-0.3, -0.25) is 4.79 Å². The van der Waals surface area contributed by atoms with Crippen molar-refractivity contribution in [3.63, 3.8) is 0 Å². The van der Waals surface area contributed by atoms with E-state index in [1.165, 1.54) is 0 Å². The van der Waals surface area contributed by atoms with Gasteiger partial charge in [0.2, 0.25) is 6.43 Å². The molecule has 1 unspecified atom stereocenters. The number of hydrogen-bond acceptors (Lipinski definition) is 1. The molecule has 0 aliphatic carbocycles. The van der Waals surface area contributed by atoms with Crippen LogP contribution in [-0.2, 0) is 17.6 Å². The number of halogens is 2. The van der Waals surface area contributed by atoms with E-state index in [4.69, 9.17) is 5.11 Å². The summed E-state index contributed by atoms with van der Waals surface area (Å²) in [5, 5.41) is 8.74. The number of benzene rings is 1. The van der Waals surface area contributed by atoms with Crippen LogP contribution in [0.4, 0.5) is 8.78 Å². The van der Waals surface area contributed by atoms with E-state index in [1.54, 1.807) is 31.2 Å². The molecule has 4 heteroatoms. The van der Waals surface area contributed by atoms with E-state index in [9.17, 15) is 13.6 Å². The molecule has 88 valence electrons. The number of carbonyl (C=O) groups is 1. The smallest absolute Gasteiger partial charge is 0.306 e. The Balaban J connectivity index is 2.70. The number of hydrogen-bond donors (Lipinski definition) is 1. The van der Waals surface area contributed by atoms with Crippen LogP contribution >= 0.6 is 0 Å². The molecule has 0 saturated heterocycles. The van der Waals surface area contributed by atoms with E-state index in [2.05, 4.69) is 0 Å². The molecule has 0 spiro atoms. The molecule has 0 aliphatic rings. The van der Waals surface area contributed by atoms with Gasteiger partial charge in [-0.05, 0) is 17.5 Å². The predicted molar refractivity (Wildman–Crippen MR) is 56.7 cm³/mol.